The summed E-state index contributed by atoms with van der Waals surface area (Å²) < 4.78 is 32.0. The van der Waals surface area contributed by atoms with Crippen molar-refractivity contribution in [1.29, 1.82) is 0 Å². The van der Waals surface area contributed by atoms with Gasteiger partial charge in [0.1, 0.15) is 22.5 Å². The van der Waals surface area contributed by atoms with Gasteiger partial charge in [-0.3, -0.25) is 4.79 Å². The van der Waals surface area contributed by atoms with Crippen molar-refractivity contribution in [2.75, 3.05) is 37.5 Å². The van der Waals surface area contributed by atoms with E-state index in [9.17, 15) is 13.6 Å². The first-order chi connectivity index (χ1) is 13.0. The van der Waals surface area contributed by atoms with Crippen LogP contribution in [0.4, 0.5) is 14.6 Å². The number of nitrogens with zero attached hydrogens (tertiary/aromatic N) is 2. The largest absolute Gasteiger partial charge is 0.378 e. The van der Waals surface area contributed by atoms with E-state index >= 15 is 0 Å². The van der Waals surface area contributed by atoms with Gasteiger partial charge in [-0.25, -0.2) is 13.8 Å². The molecule has 0 unspecified atom stereocenters. The quantitative estimate of drug-likeness (QED) is 0.791. The molecule has 8 heteroatoms. The number of carbonyl (C=O) groups excluding carboxylic acids is 1. The molecule has 0 bridgehead atoms. The van der Waals surface area contributed by atoms with Gasteiger partial charge in [-0.05, 0) is 42.5 Å². The minimum absolute atomic E-state index is 0.0337. The highest BCUT2D eigenvalue weighted by Gasteiger charge is 2.20. The fourth-order valence-electron chi connectivity index (χ4n) is 2.99. The highest BCUT2D eigenvalue weighted by molar-refractivity contribution is 7.98. The third-order valence-electron chi connectivity index (χ3n) is 4.30. The standard InChI is InChI=1S/C19H21F2N3O2S/c1-12-7-16(24-3-5-26-6-4-24)23-19(27-2)17(12)18(25)22-11-13-8-14(20)10-15(21)9-13/h7-10H,3-6,11H2,1-2H3,(H,22,25). The molecule has 1 N–H and O–H groups in total. The molecule has 0 aliphatic carbocycles. The lowest BCUT2D eigenvalue weighted by molar-refractivity contribution is 0.0946. The van der Waals surface area contributed by atoms with E-state index in [1.807, 2.05) is 19.2 Å². The molecular formula is C19H21F2N3O2S. The Morgan fingerprint density at radius 3 is 2.52 bits per heavy atom. The van der Waals surface area contributed by atoms with E-state index in [1.54, 1.807) is 0 Å². The van der Waals surface area contributed by atoms with Crippen LogP contribution in [0.15, 0.2) is 29.3 Å². The molecule has 27 heavy (non-hydrogen) atoms. The lowest BCUT2D eigenvalue weighted by Gasteiger charge is -2.28. The number of ether oxygens (including phenoxy) is 1. The van der Waals surface area contributed by atoms with E-state index in [4.69, 9.17) is 4.74 Å². The lowest BCUT2D eigenvalue weighted by atomic mass is 10.1. The number of nitrogens with one attached hydrogen (secondary N) is 1. The number of carbonyl (C=O) groups is 1. The number of aryl methyl sites for hydroxylation is 1. The van der Waals surface area contributed by atoms with Crippen LogP contribution in [0.25, 0.3) is 0 Å². The Hall–Kier alpha value is -2.19. The number of pyridine rings is 1. The van der Waals surface area contributed by atoms with Gasteiger partial charge in [0.25, 0.3) is 5.91 Å². The van der Waals surface area contributed by atoms with Crippen LogP contribution in [-0.4, -0.2) is 43.5 Å². The summed E-state index contributed by atoms with van der Waals surface area (Å²) in [6, 6.07) is 5.09. The Kier molecular flexibility index (Phi) is 6.28. The minimum Gasteiger partial charge on any atom is -0.378 e. The first-order valence-corrected chi connectivity index (χ1v) is 9.82. The number of hydrogen-bond donors (Lipinski definition) is 1. The second kappa shape index (κ2) is 8.67. The fraction of sp³-hybridized carbons (Fsp3) is 0.368. The van der Waals surface area contributed by atoms with Crippen LogP contribution in [0.2, 0.25) is 0 Å². The molecule has 2 aromatic rings. The lowest BCUT2D eigenvalue weighted by Crippen LogP contribution is -2.37. The number of thioether (sulfide) groups is 1. The van der Waals surface area contributed by atoms with Crippen LogP contribution in [0.1, 0.15) is 21.5 Å². The van der Waals surface area contributed by atoms with Gasteiger partial charge in [-0.2, -0.15) is 0 Å². The number of hydrogen-bond acceptors (Lipinski definition) is 5. The van der Waals surface area contributed by atoms with E-state index in [-0.39, 0.29) is 12.5 Å². The molecule has 1 amide bonds. The maximum atomic E-state index is 13.3. The van der Waals surface area contributed by atoms with Gasteiger partial charge in [-0.1, -0.05) is 0 Å². The van der Waals surface area contributed by atoms with Crippen molar-refractivity contribution in [2.45, 2.75) is 18.5 Å². The summed E-state index contributed by atoms with van der Waals surface area (Å²) in [7, 11) is 0. The first-order valence-electron chi connectivity index (χ1n) is 8.59. The predicted molar refractivity (Wildman–Crippen MR) is 101 cm³/mol. The third-order valence-corrected chi connectivity index (χ3v) is 4.98. The number of amides is 1. The van der Waals surface area contributed by atoms with Gasteiger partial charge in [-0.15, -0.1) is 11.8 Å². The Balaban J connectivity index is 1.79. The third kappa shape index (κ3) is 4.75. The second-order valence-electron chi connectivity index (χ2n) is 6.24. The van der Waals surface area contributed by atoms with E-state index in [1.165, 1.54) is 23.9 Å². The summed E-state index contributed by atoms with van der Waals surface area (Å²) in [5.74, 6) is -0.833. The fourth-order valence-corrected chi connectivity index (χ4v) is 3.63. The van der Waals surface area contributed by atoms with Crippen LogP contribution >= 0.6 is 11.8 Å². The molecular weight excluding hydrogens is 372 g/mol. The molecule has 3 rings (SSSR count). The van der Waals surface area contributed by atoms with E-state index in [0.717, 1.165) is 30.5 Å². The Morgan fingerprint density at radius 1 is 1.22 bits per heavy atom. The molecule has 0 spiro atoms. The molecule has 144 valence electrons. The molecule has 5 nitrogen and oxygen atoms in total. The van der Waals surface area contributed by atoms with Crippen LogP contribution in [-0.2, 0) is 11.3 Å². The summed E-state index contributed by atoms with van der Waals surface area (Å²) in [5.41, 5.74) is 1.65. The molecule has 0 saturated carbocycles. The number of morpholine rings is 1. The summed E-state index contributed by atoms with van der Waals surface area (Å²) in [4.78, 5) is 19.5. The number of rotatable bonds is 5. The summed E-state index contributed by atoms with van der Waals surface area (Å²) in [6.45, 7) is 4.73. The smallest absolute Gasteiger partial charge is 0.254 e. The Labute approximate surface area is 161 Å². The average molecular weight is 393 g/mol. The molecule has 0 radical (unpaired) electrons. The van der Waals surface area contributed by atoms with Crippen molar-refractivity contribution in [3.8, 4) is 0 Å². The van der Waals surface area contributed by atoms with Crippen LogP contribution in [0.5, 0.6) is 0 Å². The maximum Gasteiger partial charge on any atom is 0.254 e. The summed E-state index contributed by atoms with van der Waals surface area (Å²) in [5, 5.41) is 3.35. The Bertz CT molecular complexity index is 822. The molecule has 1 aromatic carbocycles. The van der Waals surface area contributed by atoms with Crippen LogP contribution in [0.3, 0.4) is 0 Å². The monoisotopic (exact) mass is 393 g/mol. The predicted octanol–water partition coefficient (Wildman–Crippen LogP) is 3.16. The van der Waals surface area contributed by atoms with Gasteiger partial charge in [0.2, 0.25) is 0 Å². The average Bonchev–Trinajstić information content (AvgIpc) is 2.65. The van der Waals surface area contributed by atoms with Crippen LogP contribution < -0.4 is 10.2 Å². The topological polar surface area (TPSA) is 54.5 Å². The van der Waals surface area contributed by atoms with Gasteiger partial charge >= 0.3 is 0 Å². The number of halogens is 2. The van der Waals surface area contributed by atoms with Crippen molar-refractivity contribution in [3.63, 3.8) is 0 Å². The molecule has 0 atom stereocenters. The highest BCUT2D eigenvalue weighted by Crippen LogP contribution is 2.26. The van der Waals surface area contributed by atoms with Gasteiger partial charge < -0.3 is 15.0 Å². The van der Waals surface area contributed by atoms with Gasteiger partial charge in [0, 0.05) is 25.7 Å². The normalized spacial score (nSPS) is 14.3. The Morgan fingerprint density at radius 2 is 1.89 bits per heavy atom. The summed E-state index contributed by atoms with van der Waals surface area (Å²) >= 11 is 1.39. The number of anilines is 1. The summed E-state index contributed by atoms with van der Waals surface area (Å²) in [6.07, 6.45) is 1.86. The molecule has 1 fully saturated rings. The molecule has 1 saturated heterocycles. The van der Waals surface area contributed by atoms with Crippen LogP contribution in [0, 0.1) is 18.6 Å². The molecule has 2 heterocycles. The zero-order chi connectivity index (χ0) is 19.4. The molecule has 1 aliphatic heterocycles. The maximum absolute atomic E-state index is 13.3. The van der Waals surface area contributed by atoms with Gasteiger partial charge in [0.15, 0.2) is 0 Å². The second-order valence-corrected chi connectivity index (χ2v) is 7.04. The van der Waals surface area contributed by atoms with Gasteiger partial charge in [0.05, 0.1) is 18.8 Å². The zero-order valence-electron chi connectivity index (χ0n) is 15.2. The zero-order valence-corrected chi connectivity index (χ0v) is 16.0. The number of benzene rings is 1. The molecule has 1 aliphatic rings. The van der Waals surface area contributed by atoms with Crippen molar-refractivity contribution in [3.05, 3.63) is 52.6 Å². The van der Waals surface area contributed by atoms with Crippen molar-refractivity contribution in [1.82, 2.24) is 10.3 Å². The SMILES string of the molecule is CSc1nc(N2CCOCC2)cc(C)c1C(=O)NCc1cc(F)cc(F)c1. The van der Waals surface area contributed by atoms with Crippen molar-refractivity contribution in [2.24, 2.45) is 0 Å². The van der Waals surface area contributed by atoms with Crippen molar-refractivity contribution >= 4 is 23.5 Å². The highest BCUT2D eigenvalue weighted by atomic mass is 32.2. The van der Waals surface area contributed by atoms with E-state index in [2.05, 4.69) is 15.2 Å². The van der Waals surface area contributed by atoms with E-state index < -0.39 is 11.6 Å². The number of aromatic nitrogens is 1. The van der Waals surface area contributed by atoms with E-state index in [0.29, 0.717) is 29.4 Å². The van der Waals surface area contributed by atoms with Crippen molar-refractivity contribution < 1.29 is 18.3 Å². The first kappa shape index (κ1) is 19.6. The minimum atomic E-state index is -0.670. The molecule has 1 aromatic heterocycles.